The largest absolute Gasteiger partial charge is 0.494 e. The van der Waals surface area contributed by atoms with Crippen LogP contribution in [0.4, 0.5) is 4.39 Å². The molecule has 2 aromatic carbocycles. The Morgan fingerprint density at radius 2 is 1.60 bits per heavy atom. The fourth-order valence-electron chi connectivity index (χ4n) is 4.90. The number of hydrogen-bond donors (Lipinski definition) is 1. The summed E-state index contributed by atoms with van der Waals surface area (Å²) in [5.41, 5.74) is 0.121. The van der Waals surface area contributed by atoms with Crippen molar-refractivity contribution in [3.8, 4) is 23.4 Å². The van der Waals surface area contributed by atoms with Gasteiger partial charge in [-0.2, -0.15) is 4.98 Å². The number of fused-ring (bicyclic) bond motifs is 1. The first-order valence-corrected chi connectivity index (χ1v) is 13.4. The number of aromatic nitrogens is 2. The van der Waals surface area contributed by atoms with Crippen molar-refractivity contribution in [3.05, 3.63) is 81.6 Å². The van der Waals surface area contributed by atoms with Crippen LogP contribution in [-0.2, 0) is 5.60 Å². The lowest BCUT2D eigenvalue weighted by atomic mass is 9.71. The maximum Gasteiger partial charge on any atom is 0.217 e. The molecule has 4 rings (SSSR count). The molecule has 0 aliphatic heterocycles. The molecule has 0 saturated carbocycles. The Labute approximate surface area is 241 Å². The highest BCUT2D eigenvalue weighted by Crippen LogP contribution is 2.49. The lowest BCUT2D eigenvalue weighted by molar-refractivity contribution is 0.00233. The van der Waals surface area contributed by atoms with Crippen molar-refractivity contribution in [2.75, 3.05) is 49.1 Å². The van der Waals surface area contributed by atoms with Gasteiger partial charge in [-0.15, -0.1) is 0 Å². The summed E-state index contributed by atoms with van der Waals surface area (Å²) in [6.07, 6.45) is 0.206. The van der Waals surface area contributed by atoms with Crippen molar-refractivity contribution in [1.29, 1.82) is 0 Å². The minimum Gasteiger partial charge on any atom is -0.494 e. The minimum absolute atomic E-state index is 0.0535. The number of ether oxygens (including phenoxy) is 4. The van der Waals surface area contributed by atoms with E-state index in [0.29, 0.717) is 23.2 Å². The summed E-state index contributed by atoms with van der Waals surface area (Å²) < 4.78 is 39.0. The molecule has 8 nitrogen and oxygen atoms in total. The molecule has 2 heterocycles. The summed E-state index contributed by atoms with van der Waals surface area (Å²) in [6.45, 7) is 0.473. The van der Waals surface area contributed by atoms with Crippen LogP contribution in [0.5, 0.6) is 23.4 Å². The Hall–Kier alpha value is -3.47. The van der Waals surface area contributed by atoms with Crippen molar-refractivity contribution < 1.29 is 28.4 Å². The number of rotatable bonds is 11. The highest BCUT2D eigenvalue weighted by atomic mass is 79.9. The predicted molar refractivity (Wildman–Crippen MR) is 155 cm³/mol. The number of aliphatic hydroxyl groups is 1. The van der Waals surface area contributed by atoms with Gasteiger partial charge in [-0.1, -0.05) is 28.1 Å². The second kappa shape index (κ2) is 12.4. The third kappa shape index (κ3) is 5.84. The molecule has 0 bridgehead atoms. The predicted octanol–water partition coefficient (Wildman–Crippen LogP) is 5.54. The number of nitrogens with zero attached hydrogens (tertiary/aromatic N) is 3. The Bertz CT molecular complexity index is 1480. The smallest absolute Gasteiger partial charge is 0.217 e. The average molecular weight is 615 g/mol. The van der Waals surface area contributed by atoms with Gasteiger partial charge in [-0.05, 0) is 56.4 Å². The van der Waals surface area contributed by atoms with Gasteiger partial charge in [0, 0.05) is 39.7 Å². The van der Waals surface area contributed by atoms with Gasteiger partial charge in [0.05, 0.1) is 39.9 Å². The second-order valence-electron chi connectivity index (χ2n) is 9.64. The minimum atomic E-state index is -1.71. The molecule has 0 amide bonds. The first-order chi connectivity index (χ1) is 19.1. The summed E-state index contributed by atoms with van der Waals surface area (Å²) in [4.78, 5) is 11.0. The quantitative estimate of drug-likeness (QED) is 0.236. The molecule has 4 aromatic rings. The van der Waals surface area contributed by atoms with E-state index in [-0.39, 0.29) is 35.4 Å². The molecule has 0 spiro atoms. The molecule has 0 fully saturated rings. The van der Waals surface area contributed by atoms with Crippen LogP contribution in [0.2, 0.25) is 0 Å². The number of pyridine rings is 2. The van der Waals surface area contributed by atoms with Gasteiger partial charge >= 0.3 is 0 Å². The SMILES string of the molecule is COc1cc(C(O)(CCN(C)C)[C@@H](c2cc3cc(Br)ccc3nc2OC)c2cccc(OC)c2F)cc(OC)n1. The van der Waals surface area contributed by atoms with E-state index in [2.05, 4.69) is 20.9 Å². The molecular weight excluding hydrogens is 581 g/mol. The number of methoxy groups -OCH3 is 4. The monoisotopic (exact) mass is 613 g/mol. The Balaban J connectivity index is 2.12. The lowest BCUT2D eigenvalue weighted by Gasteiger charge is -2.39. The summed E-state index contributed by atoms with van der Waals surface area (Å²) in [6, 6.07) is 15.7. The van der Waals surface area contributed by atoms with Crippen LogP contribution in [-0.4, -0.2) is 69.1 Å². The Kier molecular flexibility index (Phi) is 9.12. The maximum absolute atomic E-state index is 16.2. The fourth-order valence-corrected chi connectivity index (χ4v) is 5.27. The van der Waals surface area contributed by atoms with Gasteiger partial charge in [0.2, 0.25) is 17.6 Å². The molecule has 2 atom stereocenters. The van der Waals surface area contributed by atoms with Crippen molar-refractivity contribution in [2.24, 2.45) is 0 Å². The van der Waals surface area contributed by atoms with Crippen LogP contribution >= 0.6 is 15.9 Å². The second-order valence-corrected chi connectivity index (χ2v) is 10.6. The van der Waals surface area contributed by atoms with E-state index in [1.807, 2.05) is 43.3 Å². The summed E-state index contributed by atoms with van der Waals surface area (Å²) in [7, 11) is 9.70. The van der Waals surface area contributed by atoms with E-state index >= 15 is 4.39 Å². The van der Waals surface area contributed by atoms with Crippen molar-refractivity contribution in [2.45, 2.75) is 17.9 Å². The number of benzene rings is 2. The van der Waals surface area contributed by atoms with Crippen molar-refractivity contribution >= 4 is 26.8 Å². The third-order valence-electron chi connectivity index (χ3n) is 6.91. The van der Waals surface area contributed by atoms with Gasteiger partial charge in [0.15, 0.2) is 11.6 Å². The highest BCUT2D eigenvalue weighted by Gasteiger charge is 2.44. The molecule has 10 heteroatoms. The van der Waals surface area contributed by atoms with Crippen molar-refractivity contribution in [3.63, 3.8) is 0 Å². The number of hydrogen-bond acceptors (Lipinski definition) is 8. The van der Waals surface area contributed by atoms with E-state index in [4.69, 9.17) is 23.9 Å². The van der Waals surface area contributed by atoms with Gasteiger partial charge in [-0.3, -0.25) is 0 Å². The van der Waals surface area contributed by atoms with Gasteiger partial charge in [0.25, 0.3) is 0 Å². The van der Waals surface area contributed by atoms with E-state index in [1.54, 1.807) is 30.3 Å². The Morgan fingerprint density at radius 3 is 2.20 bits per heavy atom. The topological polar surface area (TPSA) is 86.2 Å². The maximum atomic E-state index is 16.2. The Morgan fingerprint density at radius 1 is 0.900 bits per heavy atom. The van der Waals surface area contributed by atoms with Crippen LogP contribution in [0.25, 0.3) is 10.9 Å². The van der Waals surface area contributed by atoms with Crippen LogP contribution in [0, 0.1) is 5.82 Å². The van der Waals surface area contributed by atoms with E-state index in [1.165, 1.54) is 28.4 Å². The van der Waals surface area contributed by atoms with Crippen LogP contribution in [0.3, 0.4) is 0 Å². The summed E-state index contributed by atoms with van der Waals surface area (Å²) in [5, 5.41) is 13.7. The molecule has 0 aliphatic rings. The van der Waals surface area contributed by atoms with E-state index in [9.17, 15) is 5.11 Å². The molecule has 1 N–H and O–H groups in total. The summed E-state index contributed by atoms with van der Waals surface area (Å²) in [5.74, 6) is -0.783. The standard InChI is InChI=1S/C30H33BrFN3O5/c1-35(2)13-12-30(36,19-16-25(38-4)34-26(17-19)39-5)27(21-8-7-9-24(37-3)28(21)32)22-15-18-14-20(31)10-11-23(18)33-29(22)40-6/h7-11,14-17,27,36H,12-13H2,1-6H3/t27-,30?/m1/s1. The highest BCUT2D eigenvalue weighted by molar-refractivity contribution is 9.10. The van der Waals surface area contributed by atoms with Crippen molar-refractivity contribution in [1.82, 2.24) is 14.9 Å². The van der Waals surface area contributed by atoms with Crippen LogP contribution < -0.4 is 18.9 Å². The molecular formula is C30H33BrFN3O5. The molecule has 2 aromatic heterocycles. The van der Waals surface area contributed by atoms with E-state index < -0.39 is 17.3 Å². The van der Waals surface area contributed by atoms with E-state index in [0.717, 1.165) is 9.86 Å². The lowest BCUT2D eigenvalue weighted by Crippen LogP contribution is -2.38. The van der Waals surface area contributed by atoms with Gasteiger partial charge < -0.3 is 29.0 Å². The molecule has 40 heavy (non-hydrogen) atoms. The molecule has 1 unspecified atom stereocenters. The molecule has 0 radical (unpaired) electrons. The summed E-state index contributed by atoms with van der Waals surface area (Å²) >= 11 is 3.53. The average Bonchev–Trinajstić information content (AvgIpc) is 2.96. The number of halogens is 2. The van der Waals surface area contributed by atoms with Crippen LogP contribution in [0.1, 0.15) is 29.0 Å². The molecule has 212 valence electrons. The van der Waals surface area contributed by atoms with Crippen LogP contribution in [0.15, 0.2) is 59.1 Å². The van der Waals surface area contributed by atoms with Gasteiger partial charge in [0.1, 0.15) is 5.60 Å². The zero-order valence-corrected chi connectivity index (χ0v) is 25.0. The first kappa shape index (κ1) is 29.5. The zero-order valence-electron chi connectivity index (χ0n) is 23.4. The molecule has 0 saturated heterocycles. The first-order valence-electron chi connectivity index (χ1n) is 12.6. The molecule has 0 aliphatic carbocycles. The van der Waals surface area contributed by atoms with Gasteiger partial charge in [-0.25, -0.2) is 9.37 Å². The third-order valence-corrected chi connectivity index (χ3v) is 7.41. The normalized spacial score (nSPS) is 13.7. The zero-order chi connectivity index (χ0) is 29.0. The fraction of sp³-hybridized carbons (Fsp3) is 0.333.